The summed E-state index contributed by atoms with van der Waals surface area (Å²) in [5.74, 6) is -2.06. The van der Waals surface area contributed by atoms with E-state index < -0.39 is 29.9 Å². The van der Waals surface area contributed by atoms with Crippen LogP contribution in [0.4, 0.5) is 0 Å². The van der Waals surface area contributed by atoms with Crippen LogP contribution < -0.4 is 0 Å². The number of aliphatic hydroxyl groups is 2. The SMILES string of the molecule is C[C@]12CCCN1OC(=O)C(O)C(O)C(=O)O2. The Morgan fingerprint density at radius 1 is 1.31 bits per heavy atom. The predicted molar refractivity (Wildman–Crippen MR) is 48.5 cm³/mol. The van der Waals surface area contributed by atoms with Crippen molar-refractivity contribution in [3.63, 3.8) is 0 Å². The molecule has 2 fully saturated rings. The first-order valence-corrected chi connectivity index (χ1v) is 5.02. The molecule has 0 aromatic rings. The van der Waals surface area contributed by atoms with Crippen LogP contribution in [0.5, 0.6) is 0 Å². The summed E-state index contributed by atoms with van der Waals surface area (Å²) in [4.78, 5) is 27.6. The van der Waals surface area contributed by atoms with Gasteiger partial charge in [0.1, 0.15) is 0 Å². The molecule has 7 nitrogen and oxygen atoms in total. The lowest BCUT2D eigenvalue weighted by Crippen LogP contribution is -2.55. The van der Waals surface area contributed by atoms with Crippen LogP contribution in [0.15, 0.2) is 0 Å². The van der Waals surface area contributed by atoms with E-state index in [4.69, 9.17) is 9.57 Å². The van der Waals surface area contributed by atoms with Gasteiger partial charge in [-0.2, -0.15) is 0 Å². The van der Waals surface area contributed by atoms with Gasteiger partial charge in [0.15, 0.2) is 17.9 Å². The Bertz CT molecular complexity index is 332. The van der Waals surface area contributed by atoms with Crippen LogP contribution in [-0.2, 0) is 19.2 Å². The number of esters is 1. The van der Waals surface area contributed by atoms with Crippen molar-refractivity contribution in [3.05, 3.63) is 0 Å². The van der Waals surface area contributed by atoms with E-state index in [0.717, 1.165) is 0 Å². The van der Waals surface area contributed by atoms with Crippen molar-refractivity contribution in [1.82, 2.24) is 5.06 Å². The van der Waals surface area contributed by atoms with Crippen molar-refractivity contribution in [2.75, 3.05) is 6.54 Å². The number of hydrogen-bond donors (Lipinski definition) is 2. The van der Waals surface area contributed by atoms with Gasteiger partial charge in [-0.1, -0.05) is 5.06 Å². The Morgan fingerprint density at radius 2 is 1.94 bits per heavy atom. The second kappa shape index (κ2) is 3.69. The molecule has 0 bridgehead atoms. The maximum absolute atomic E-state index is 11.4. The Morgan fingerprint density at radius 3 is 2.62 bits per heavy atom. The number of hydrogen-bond acceptors (Lipinski definition) is 7. The van der Waals surface area contributed by atoms with Crippen LogP contribution in [0.1, 0.15) is 19.8 Å². The van der Waals surface area contributed by atoms with Gasteiger partial charge < -0.3 is 19.8 Å². The second-order valence-electron chi connectivity index (χ2n) is 4.10. The molecule has 0 aliphatic carbocycles. The van der Waals surface area contributed by atoms with Crippen LogP contribution in [0.25, 0.3) is 0 Å². The highest BCUT2D eigenvalue weighted by molar-refractivity contribution is 5.85. The molecule has 2 unspecified atom stereocenters. The molecule has 7 heteroatoms. The first-order valence-electron chi connectivity index (χ1n) is 5.02. The van der Waals surface area contributed by atoms with E-state index in [1.54, 1.807) is 6.92 Å². The third-order valence-corrected chi connectivity index (χ3v) is 2.83. The first kappa shape index (κ1) is 11.3. The van der Waals surface area contributed by atoms with Crippen LogP contribution in [0, 0.1) is 0 Å². The first-order chi connectivity index (χ1) is 7.44. The molecular weight excluding hydrogens is 218 g/mol. The minimum Gasteiger partial charge on any atom is -0.439 e. The summed E-state index contributed by atoms with van der Waals surface area (Å²) in [6, 6.07) is 0. The van der Waals surface area contributed by atoms with E-state index in [0.29, 0.717) is 19.4 Å². The van der Waals surface area contributed by atoms with E-state index in [9.17, 15) is 19.8 Å². The molecule has 2 heterocycles. The highest BCUT2D eigenvalue weighted by Crippen LogP contribution is 2.32. The van der Waals surface area contributed by atoms with Gasteiger partial charge in [0.2, 0.25) is 0 Å². The third kappa shape index (κ3) is 1.66. The molecule has 0 radical (unpaired) electrons. The molecule has 0 saturated carbocycles. The summed E-state index contributed by atoms with van der Waals surface area (Å²) < 4.78 is 5.03. The normalized spacial score (nSPS) is 40.7. The number of nitrogens with zero attached hydrogens (tertiary/aromatic N) is 1. The van der Waals surface area contributed by atoms with Gasteiger partial charge in [0.25, 0.3) is 0 Å². The largest absolute Gasteiger partial charge is 0.439 e. The van der Waals surface area contributed by atoms with E-state index in [1.807, 2.05) is 0 Å². The number of hydroxylamine groups is 2. The maximum Gasteiger partial charge on any atom is 0.357 e. The van der Waals surface area contributed by atoms with Crippen molar-refractivity contribution in [3.8, 4) is 0 Å². The Kier molecular flexibility index (Phi) is 2.61. The summed E-state index contributed by atoms with van der Waals surface area (Å²) in [6.45, 7) is 2.02. The molecule has 2 saturated heterocycles. The van der Waals surface area contributed by atoms with Crippen LogP contribution in [0.3, 0.4) is 0 Å². The summed E-state index contributed by atoms with van der Waals surface area (Å²) in [7, 11) is 0. The Hall–Kier alpha value is -1.18. The Balaban J connectivity index is 2.27. The highest BCUT2D eigenvalue weighted by atomic mass is 16.8. The molecule has 90 valence electrons. The van der Waals surface area contributed by atoms with Gasteiger partial charge >= 0.3 is 11.9 Å². The zero-order valence-electron chi connectivity index (χ0n) is 8.75. The van der Waals surface area contributed by atoms with Crippen LogP contribution >= 0.6 is 0 Å². The second-order valence-corrected chi connectivity index (χ2v) is 4.10. The van der Waals surface area contributed by atoms with E-state index in [1.165, 1.54) is 5.06 Å². The number of fused-ring (bicyclic) bond motifs is 1. The van der Waals surface area contributed by atoms with Gasteiger partial charge in [-0.3, -0.25) is 0 Å². The lowest BCUT2D eigenvalue weighted by molar-refractivity contribution is -0.282. The number of ether oxygens (including phenoxy) is 1. The van der Waals surface area contributed by atoms with Crippen molar-refractivity contribution >= 4 is 11.9 Å². The fourth-order valence-corrected chi connectivity index (χ4v) is 1.85. The van der Waals surface area contributed by atoms with Crippen LogP contribution in [-0.4, -0.2) is 51.7 Å². The molecule has 16 heavy (non-hydrogen) atoms. The average molecular weight is 231 g/mol. The molecule has 3 atom stereocenters. The molecule has 2 aliphatic heterocycles. The van der Waals surface area contributed by atoms with Crippen molar-refractivity contribution in [2.45, 2.75) is 37.7 Å². The standard InChI is InChI=1S/C9H13NO6/c1-9-3-2-4-10(9)16-8(14)6(12)5(11)7(13)15-9/h5-6,11-12H,2-4H2,1H3/t5?,6?,9-/m0/s1. The van der Waals surface area contributed by atoms with Gasteiger partial charge in [-0.15, -0.1) is 0 Å². The van der Waals surface area contributed by atoms with E-state index in [-0.39, 0.29) is 0 Å². The number of rotatable bonds is 0. The quantitative estimate of drug-likeness (QED) is 0.491. The summed E-state index contributed by atoms with van der Waals surface area (Å²) >= 11 is 0. The summed E-state index contributed by atoms with van der Waals surface area (Å²) in [5, 5.41) is 19.8. The van der Waals surface area contributed by atoms with Crippen molar-refractivity contribution < 1.29 is 29.4 Å². The monoisotopic (exact) mass is 231 g/mol. The van der Waals surface area contributed by atoms with Crippen LogP contribution in [0.2, 0.25) is 0 Å². The average Bonchev–Trinajstić information content (AvgIpc) is 2.56. The van der Waals surface area contributed by atoms with E-state index >= 15 is 0 Å². The summed E-state index contributed by atoms with van der Waals surface area (Å²) in [6.07, 6.45) is -2.59. The number of aliphatic hydroxyl groups excluding tert-OH is 2. The zero-order chi connectivity index (χ0) is 11.9. The Labute approximate surface area is 91.5 Å². The van der Waals surface area contributed by atoms with Gasteiger partial charge in [-0.05, 0) is 13.3 Å². The summed E-state index contributed by atoms with van der Waals surface area (Å²) in [5.41, 5.74) is -1.05. The third-order valence-electron chi connectivity index (χ3n) is 2.83. The fourth-order valence-electron chi connectivity index (χ4n) is 1.85. The number of carbonyl (C=O) groups excluding carboxylic acids is 2. The van der Waals surface area contributed by atoms with Gasteiger partial charge in [-0.25, -0.2) is 9.59 Å². The van der Waals surface area contributed by atoms with Gasteiger partial charge in [0.05, 0.1) is 0 Å². The molecule has 2 rings (SSSR count). The highest BCUT2D eigenvalue weighted by Gasteiger charge is 2.49. The zero-order valence-corrected chi connectivity index (χ0v) is 8.75. The molecule has 0 spiro atoms. The van der Waals surface area contributed by atoms with Gasteiger partial charge in [0, 0.05) is 13.0 Å². The van der Waals surface area contributed by atoms with E-state index in [2.05, 4.69) is 0 Å². The predicted octanol–water partition coefficient (Wildman–Crippen LogP) is -1.46. The molecule has 0 amide bonds. The smallest absolute Gasteiger partial charge is 0.357 e. The molecule has 0 aromatic carbocycles. The lowest BCUT2D eigenvalue weighted by atomic mass is 10.1. The minimum atomic E-state index is -1.90. The maximum atomic E-state index is 11.4. The molecular formula is C9H13NO6. The lowest BCUT2D eigenvalue weighted by Gasteiger charge is -2.36. The molecule has 2 N–H and O–H groups in total. The fraction of sp³-hybridized carbons (Fsp3) is 0.778. The van der Waals surface area contributed by atoms with Crippen molar-refractivity contribution in [2.24, 2.45) is 0 Å². The minimum absolute atomic E-state index is 0.429. The number of carbonyl (C=O) groups is 2. The molecule has 2 aliphatic rings. The molecule has 0 aromatic heterocycles. The topological polar surface area (TPSA) is 96.3 Å². The van der Waals surface area contributed by atoms with Crippen molar-refractivity contribution in [1.29, 1.82) is 0 Å².